The summed E-state index contributed by atoms with van der Waals surface area (Å²) < 4.78 is 24.2. The molecule has 1 saturated heterocycles. The zero-order valence-corrected chi connectivity index (χ0v) is 12.7. The second-order valence-corrected chi connectivity index (χ2v) is 7.19. The van der Waals surface area contributed by atoms with Gasteiger partial charge >= 0.3 is 0 Å². The first kappa shape index (κ1) is 15.0. The highest BCUT2D eigenvalue weighted by molar-refractivity contribution is 7.88. The third kappa shape index (κ3) is 3.80. The van der Waals surface area contributed by atoms with Gasteiger partial charge in [0.1, 0.15) is 0 Å². The van der Waals surface area contributed by atoms with Crippen molar-refractivity contribution >= 4 is 15.9 Å². The molecule has 0 radical (unpaired) electrons. The number of aryl methyl sites for hydroxylation is 1. The lowest BCUT2D eigenvalue weighted by molar-refractivity contribution is -0.131. The minimum absolute atomic E-state index is 0.0574. The van der Waals surface area contributed by atoms with Crippen LogP contribution in [0.1, 0.15) is 11.1 Å². The maximum Gasteiger partial charge on any atom is 0.227 e. The Balaban J connectivity index is 1.90. The molecule has 1 heterocycles. The van der Waals surface area contributed by atoms with Gasteiger partial charge in [0.15, 0.2) is 0 Å². The van der Waals surface area contributed by atoms with Crippen LogP contribution in [0.4, 0.5) is 0 Å². The van der Waals surface area contributed by atoms with Crippen molar-refractivity contribution in [3.63, 3.8) is 0 Å². The Morgan fingerprint density at radius 3 is 2.15 bits per heavy atom. The summed E-state index contributed by atoms with van der Waals surface area (Å²) >= 11 is 0. The fourth-order valence-electron chi connectivity index (χ4n) is 2.26. The molecule has 0 unspecified atom stereocenters. The number of hydrogen-bond acceptors (Lipinski definition) is 3. The first-order valence-electron chi connectivity index (χ1n) is 6.65. The van der Waals surface area contributed by atoms with Gasteiger partial charge in [0.05, 0.1) is 12.7 Å². The van der Waals surface area contributed by atoms with E-state index < -0.39 is 10.0 Å². The van der Waals surface area contributed by atoms with Gasteiger partial charge in [0.25, 0.3) is 0 Å². The maximum atomic E-state index is 12.2. The van der Waals surface area contributed by atoms with Gasteiger partial charge in [-0.3, -0.25) is 4.79 Å². The van der Waals surface area contributed by atoms with Gasteiger partial charge in [-0.05, 0) is 12.5 Å². The lowest BCUT2D eigenvalue weighted by Gasteiger charge is -2.33. The summed E-state index contributed by atoms with van der Waals surface area (Å²) in [6.45, 7) is 3.72. The van der Waals surface area contributed by atoms with Crippen LogP contribution in [0.3, 0.4) is 0 Å². The highest BCUT2D eigenvalue weighted by Crippen LogP contribution is 2.10. The van der Waals surface area contributed by atoms with Crippen molar-refractivity contribution in [2.75, 3.05) is 32.4 Å². The van der Waals surface area contributed by atoms with Crippen molar-refractivity contribution in [3.05, 3.63) is 35.4 Å². The molecule has 0 bridgehead atoms. The number of benzene rings is 1. The largest absolute Gasteiger partial charge is 0.340 e. The number of carbonyl (C=O) groups excluding carboxylic acids is 1. The quantitative estimate of drug-likeness (QED) is 0.822. The van der Waals surface area contributed by atoms with Crippen LogP contribution < -0.4 is 0 Å². The van der Waals surface area contributed by atoms with Crippen LogP contribution in [0.25, 0.3) is 0 Å². The molecule has 2 rings (SSSR count). The second kappa shape index (κ2) is 5.93. The summed E-state index contributed by atoms with van der Waals surface area (Å²) in [4.78, 5) is 13.9. The Labute approximate surface area is 120 Å². The fourth-order valence-corrected chi connectivity index (χ4v) is 3.09. The maximum absolute atomic E-state index is 12.2. The third-order valence-corrected chi connectivity index (χ3v) is 4.84. The van der Waals surface area contributed by atoms with Crippen LogP contribution in [-0.2, 0) is 21.2 Å². The number of nitrogens with zero attached hydrogens (tertiary/aromatic N) is 2. The van der Waals surface area contributed by atoms with Crippen LogP contribution in [-0.4, -0.2) is 56.0 Å². The van der Waals surface area contributed by atoms with E-state index in [9.17, 15) is 13.2 Å². The molecule has 5 nitrogen and oxygen atoms in total. The zero-order valence-electron chi connectivity index (χ0n) is 11.9. The van der Waals surface area contributed by atoms with E-state index in [4.69, 9.17) is 0 Å². The molecule has 0 aromatic heterocycles. The number of sulfonamides is 1. The van der Waals surface area contributed by atoms with Crippen molar-refractivity contribution in [2.45, 2.75) is 13.3 Å². The van der Waals surface area contributed by atoms with Gasteiger partial charge in [0, 0.05) is 26.2 Å². The molecule has 1 aliphatic heterocycles. The van der Waals surface area contributed by atoms with Crippen molar-refractivity contribution in [3.8, 4) is 0 Å². The lowest BCUT2D eigenvalue weighted by Crippen LogP contribution is -2.50. The summed E-state index contributed by atoms with van der Waals surface area (Å²) in [7, 11) is -3.14. The Kier molecular flexibility index (Phi) is 4.45. The van der Waals surface area contributed by atoms with Gasteiger partial charge in [-0.2, -0.15) is 4.31 Å². The van der Waals surface area contributed by atoms with E-state index in [1.54, 1.807) is 4.90 Å². The highest BCUT2D eigenvalue weighted by Gasteiger charge is 2.25. The number of amides is 1. The molecule has 1 amide bonds. The van der Waals surface area contributed by atoms with E-state index in [1.807, 2.05) is 31.2 Å². The standard InChI is InChI=1S/C14H20N2O3S/c1-12-3-5-13(6-4-12)11-14(17)15-7-9-16(10-8-15)20(2,18)19/h3-6H,7-11H2,1-2H3. The van der Waals surface area contributed by atoms with Crippen LogP contribution >= 0.6 is 0 Å². The minimum atomic E-state index is -3.14. The van der Waals surface area contributed by atoms with Gasteiger partial charge in [0.2, 0.25) is 15.9 Å². The van der Waals surface area contributed by atoms with Gasteiger partial charge < -0.3 is 4.90 Å². The molecule has 1 aliphatic rings. The number of piperazine rings is 1. The molecule has 1 aromatic carbocycles. The van der Waals surface area contributed by atoms with E-state index in [1.165, 1.54) is 16.1 Å². The smallest absolute Gasteiger partial charge is 0.227 e. The van der Waals surface area contributed by atoms with Crippen molar-refractivity contribution < 1.29 is 13.2 Å². The van der Waals surface area contributed by atoms with Gasteiger partial charge in [-0.25, -0.2) is 8.42 Å². The monoisotopic (exact) mass is 296 g/mol. The lowest BCUT2D eigenvalue weighted by atomic mass is 10.1. The van der Waals surface area contributed by atoms with E-state index in [0.29, 0.717) is 32.6 Å². The molecule has 1 aromatic rings. The summed E-state index contributed by atoms with van der Waals surface area (Å²) in [6, 6.07) is 7.90. The van der Waals surface area contributed by atoms with E-state index in [-0.39, 0.29) is 5.91 Å². The van der Waals surface area contributed by atoms with Crippen molar-refractivity contribution in [2.24, 2.45) is 0 Å². The molecule has 6 heteroatoms. The van der Waals surface area contributed by atoms with E-state index in [0.717, 1.165) is 5.56 Å². The second-order valence-electron chi connectivity index (χ2n) is 5.21. The zero-order chi connectivity index (χ0) is 14.8. The molecule has 0 saturated carbocycles. The summed E-state index contributed by atoms with van der Waals surface area (Å²) in [5.74, 6) is 0.0574. The molecule has 1 fully saturated rings. The summed E-state index contributed by atoms with van der Waals surface area (Å²) in [5.41, 5.74) is 2.16. The number of carbonyl (C=O) groups is 1. The molecule has 20 heavy (non-hydrogen) atoms. The molecular weight excluding hydrogens is 276 g/mol. The highest BCUT2D eigenvalue weighted by atomic mass is 32.2. The SMILES string of the molecule is Cc1ccc(CC(=O)N2CCN(S(C)(=O)=O)CC2)cc1. The number of hydrogen-bond donors (Lipinski definition) is 0. The first-order chi connectivity index (χ1) is 9.36. The predicted molar refractivity (Wildman–Crippen MR) is 77.9 cm³/mol. The van der Waals surface area contributed by atoms with Crippen molar-refractivity contribution in [1.29, 1.82) is 0 Å². The molecule has 110 valence electrons. The molecular formula is C14H20N2O3S. The van der Waals surface area contributed by atoms with Gasteiger partial charge in [-0.1, -0.05) is 29.8 Å². The first-order valence-corrected chi connectivity index (χ1v) is 8.49. The topological polar surface area (TPSA) is 57.7 Å². The number of rotatable bonds is 3. The van der Waals surface area contributed by atoms with Gasteiger partial charge in [-0.15, -0.1) is 0 Å². The third-order valence-electron chi connectivity index (χ3n) is 3.54. The van der Waals surface area contributed by atoms with E-state index >= 15 is 0 Å². The molecule has 0 spiro atoms. The Morgan fingerprint density at radius 2 is 1.65 bits per heavy atom. The average molecular weight is 296 g/mol. The normalized spacial score (nSPS) is 17.2. The average Bonchev–Trinajstić information content (AvgIpc) is 2.40. The minimum Gasteiger partial charge on any atom is -0.340 e. The Bertz CT molecular complexity index is 573. The van der Waals surface area contributed by atoms with Crippen LogP contribution in [0.2, 0.25) is 0 Å². The van der Waals surface area contributed by atoms with Crippen molar-refractivity contribution in [1.82, 2.24) is 9.21 Å². The van der Waals surface area contributed by atoms with Crippen LogP contribution in [0, 0.1) is 6.92 Å². The predicted octanol–water partition coefficient (Wildman–Crippen LogP) is 0.641. The fraction of sp³-hybridized carbons (Fsp3) is 0.500. The summed E-state index contributed by atoms with van der Waals surface area (Å²) in [5, 5.41) is 0. The Morgan fingerprint density at radius 1 is 1.10 bits per heavy atom. The van der Waals surface area contributed by atoms with Crippen LogP contribution in [0.5, 0.6) is 0 Å². The molecule has 0 aliphatic carbocycles. The summed E-state index contributed by atoms with van der Waals surface area (Å²) in [6.07, 6.45) is 1.58. The van der Waals surface area contributed by atoms with E-state index in [2.05, 4.69) is 0 Å². The molecule has 0 N–H and O–H groups in total. The Hall–Kier alpha value is -1.40. The molecule has 0 atom stereocenters. The van der Waals surface area contributed by atoms with Crippen LogP contribution in [0.15, 0.2) is 24.3 Å².